The molecule has 1 N–H and O–H groups in total. The SMILES string of the molecule is COCO[C@@H](C)C(=O)O. The minimum Gasteiger partial charge on any atom is -0.479 e. The molecule has 0 aliphatic heterocycles. The van der Waals surface area contributed by atoms with Crippen molar-refractivity contribution in [1.29, 1.82) is 0 Å². The number of aliphatic carboxylic acids is 1. The molecule has 4 heteroatoms. The number of ether oxygens (including phenoxy) is 2. The molecule has 54 valence electrons. The van der Waals surface area contributed by atoms with Crippen molar-refractivity contribution in [3.63, 3.8) is 0 Å². The van der Waals surface area contributed by atoms with Crippen molar-refractivity contribution in [2.75, 3.05) is 13.9 Å². The molecule has 0 aromatic rings. The Morgan fingerprint density at radius 1 is 1.78 bits per heavy atom. The van der Waals surface area contributed by atoms with Gasteiger partial charge in [-0.3, -0.25) is 0 Å². The van der Waals surface area contributed by atoms with Gasteiger partial charge in [0.05, 0.1) is 0 Å². The molecule has 0 spiro atoms. The summed E-state index contributed by atoms with van der Waals surface area (Å²) in [6.07, 6.45) is -0.787. The van der Waals surface area contributed by atoms with Crippen molar-refractivity contribution in [2.24, 2.45) is 0 Å². The first-order valence-electron chi connectivity index (χ1n) is 2.52. The molecule has 0 heterocycles. The molecule has 0 amide bonds. The highest BCUT2D eigenvalue weighted by molar-refractivity contribution is 5.71. The lowest BCUT2D eigenvalue weighted by molar-refractivity contribution is -0.156. The molecule has 0 fully saturated rings. The lowest BCUT2D eigenvalue weighted by Gasteiger charge is -2.05. The molecule has 9 heavy (non-hydrogen) atoms. The van der Waals surface area contributed by atoms with Crippen LogP contribution in [0.4, 0.5) is 0 Å². The molecule has 1 atom stereocenters. The third-order valence-electron chi connectivity index (χ3n) is 0.784. The summed E-state index contributed by atoms with van der Waals surface area (Å²) < 4.78 is 9.11. The monoisotopic (exact) mass is 134 g/mol. The third-order valence-corrected chi connectivity index (χ3v) is 0.784. The zero-order chi connectivity index (χ0) is 7.28. The van der Waals surface area contributed by atoms with Crippen LogP contribution in [0.15, 0.2) is 0 Å². The van der Waals surface area contributed by atoms with Crippen LogP contribution < -0.4 is 0 Å². The third kappa shape index (κ3) is 3.93. The Hall–Kier alpha value is -0.610. The van der Waals surface area contributed by atoms with Crippen LogP contribution in [0.5, 0.6) is 0 Å². The van der Waals surface area contributed by atoms with E-state index in [4.69, 9.17) is 5.11 Å². The highest BCUT2D eigenvalue weighted by Gasteiger charge is 2.09. The van der Waals surface area contributed by atoms with Gasteiger partial charge in [0.25, 0.3) is 0 Å². The summed E-state index contributed by atoms with van der Waals surface area (Å²) in [5, 5.41) is 8.23. The van der Waals surface area contributed by atoms with E-state index in [9.17, 15) is 4.79 Å². The molecule has 0 aliphatic rings. The number of carboxylic acid groups (broad SMARTS) is 1. The number of methoxy groups -OCH3 is 1. The van der Waals surface area contributed by atoms with Crippen LogP contribution >= 0.6 is 0 Å². The maximum absolute atomic E-state index is 10.0. The highest BCUT2D eigenvalue weighted by Crippen LogP contribution is 1.88. The summed E-state index contributed by atoms with van der Waals surface area (Å²) in [5.74, 6) is -0.980. The highest BCUT2D eigenvalue weighted by atomic mass is 16.7. The molecular weight excluding hydrogens is 124 g/mol. The van der Waals surface area contributed by atoms with Gasteiger partial charge in [-0.2, -0.15) is 0 Å². The van der Waals surface area contributed by atoms with Gasteiger partial charge in [0.15, 0.2) is 6.10 Å². The summed E-state index contributed by atoms with van der Waals surface area (Å²) in [6.45, 7) is 1.47. The van der Waals surface area contributed by atoms with E-state index in [1.165, 1.54) is 14.0 Å². The molecule has 0 saturated heterocycles. The molecular formula is C5H10O4. The maximum atomic E-state index is 10.0. The zero-order valence-electron chi connectivity index (χ0n) is 5.46. The smallest absolute Gasteiger partial charge is 0.332 e. The molecule has 0 saturated carbocycles. The lowest BCUT2D eigenvalue weighted by atomic mass is 10.4. The molecule has 0 bridgehead atoms. The van der Waals surface area contributed by atoms with E-state index in [0.29, 0.717) is 0 Å². The second-order valence-corrected chi connectivity index (χ2v) is 1.55. The van der Waals surface area contributed by atoms with Gasteiger partial charge in [-0.05, 0) is 6.92 Å². The summed E-state index contributed by atoms with van der Waals surface area (Å²) in [5.41, 5.74) is 0. The predicted octanol–water partition coefficient (Wildman–Crippen LogP) is 0.0800. The number of hydrogen-bond acceptors (Lipinski definition) is 3. The molecule has 0 rings (SSSR count). The largest absolute Gasteiger partial charge is 0.479 e. The van der Waals surface area contributed by atoms with Crippen LogP contribution in [0.1, 0.15) is 6.92 Å². The Labute approximate surface area is 53.4 Å². The van der Waals surface area contributed by atoms with Crippen molar-refractivity contribution in [3.05, 3.63) is 0 Å². The van der Waals surface area contributed by atoms with Gasteiger partial charge in [-0.1, -0.05) is 0 Å². The topological polar surface area (TPSA) is 55.8 Å². The van der Waals surface area contributed by atoms with Gasteiger partial charge in [0, 0.05) is 7.11 Å². The Kier molecular flexibility index (Phi) is 4.00. The van der Waals surface area contributed by atoms with Gasteiger partial charge in [0.2, 0.25) is 0 Å². The predicted molar refractivity (Wildman–Crippen MR) is 30.1 cm³/mol. The number of rotatable bonds is 4. The van der Waals surface area contributed by atoms with E-state index in [2.05, 4.69) is 9.47 Å². The Morgan fingerprint density at radius 2 is 2.33 bits per heavy atom. The first-order valence-corrected chi connectivity index (χ1v) is 2.52. The van der Waals surface area contributed by atoms with Crippen LogP contribution in [-0.2, 0) is 14.3 Å². The summed E-state index contributed by atoms with van der Waals surface area (Å²) in [7, 11) is 1.44. The minimum atomic E-state index is -0.980. The zero-order valence-corrected chi connectivity index (χ0v) is 5.46. The quantitative estimate of drug-likeness (QED) is 0.553. The standard InChI is InChI=1S/C5H10O4/c1-4(5(6)7)9-3-8-2/h4H,3H2,1-2H3,(H,6,7)/t4-/m0/s1. The van der Waals surface area contributed by atoms with Gasteiger partial charge in [-0.25, -0.2) is 4.79 Å². The maximum Gasteiger partial charge on any atom is 0.332 e. The fraction of sp³-hybridized carbons (Fsp3) is 0.800. The Morgan fingerprint density at radius 3 is 2.67 bits per heavy atom. The van der Waals surface area contributed by atoms with E-state index in [-0.39, 0.29) is 6.79 Å². The second kappa shape index (κ2) is 4.29. The average Bonchev–Trinajstić information content (AvgIpc) is 1.82. The van der Waals surface area contributed by atoms with E-state index in [1.54, 1.807) is 0 Å². The molecule has 0 unspecified atom stereocenters. The molecule has 0 aromatic heterocycles. The van der Waals surface area contributed by atoms with Crippen molar-refractivity contribution >= 4 is 5.97 Å². The molecule has 0 aliphatic carbocycles. The fourth-order valence-electron chi connectivity index (χ4n) is 0.241. The number of hydrogen-bond donors (Lipinski definition) is 1. The first-order chi connectivity index (χ1) is 4.18. The minimum absolute atomic E-state index is 0.0213. The van der Waals surface area contributed by atoms with Gasteiger partial charge < -0.3 is 14.6 Å². The molecule has 0 radical (unpaired) electrons. The van der Waals surface area contributed by atoms with Crippen molar-refractivity contribution in [3.8, 4) is 0 Å². The van der Waals surface area contributed by atoms with Crippen molar-refractivity contribution in [1.82, 2.24) is 0 Å². The van der Waals surface area contributed by atoms with Crippen LogP contribution in [-0.4, -0.2) is 31.1 Å². The van der Waals surface area contributed by atoms with Crippen LogP contribution in [0.25, 0.3) is 0 Å². The second-order valence-electron chi connectivity index (χ2n) is 1.55. The van der Waals surface area contributed by atoms with Crippen LogP contribution in [0.2, 0.25) is 0 Å². The number of carbonyl (C=O) groups is 1. The Balaban J connectivity index is 3.27. The lowest BCUT2D eigenvalue weighted by Crippen LogP contribution is -2.20. The van der Waals surface area contributed by atoms with Crippen molar-refractivity contribution < 1.29 is 19.4 Å². The van der Waals surface area contributed by atoms with Crippen LogP contribution in [0.3, 0.4) is 0 Å². The average molecular weight is 134 g/mol. The van der Waals surface area contributed by atoms with E-state index in [0.717, 1.165) is 0 Å². The normalized spacial score (nSPS) is 13.1. The number of carboxylic acids is 1. The van der Waals surface area contributed by atoms with E-state index >= 15 is 0 Å². The Bertz CT molecular complexity index is 91.0. The first kappa shape index (κ1) is 8.39. The van der Waals surface area contributed by atoms with Gasteiger partial charge >= 0.3 is 5.97 Å². The van der Waals surface area contributed by atoms with Crippen molar-refractivity contribution in [2.45, 2.75) is 13.0 Å². The van der Waals surface area contributed by atoms with Gasteiger partial charge in [0.1, 0.15) is 6.79 Å². The summed E-state index contributed by atoms with van der Waals surface area (Å²) >= 11 is 0. The molecule has 0 aromatic carbocycles. The molecule has 4 nitrogen and oxygen atoms in total. The van der Waals surface area contributed by atoms with Crippen LogP contribution in [0, 0.1) is 0 Å². The van der Waals surface area contributed by atoms with Gasteiger partial charge in [-0.15, -0.1) is 0 Å². The fourth-order valence-corrected chi connectivity index (χ4v) is 0.241. The van der Waals surface area contributed by atoms with E-state index < -0.39 is 12.1 Å². The summed E-state index contributed by atoms with van der Waals surface area (Å²) in [4.78, 5) is 10.0. The van der Waals surface area contributed by atoms with E-state index in [1.807, 2.05) is 0 Å². The summed E-state index contributed by atoms with van der Waals surface area (Å²) in [6, 6.07) is 0.